The predicted molar refractivity (Wildman–Crippen MR) is 140 cm³/mol. The number of carbonyl (C=O) groups excluding carboxylic acids is 2. The third-order valence-corrected chi connectivity index (χ3v) is 7.43. The fourth-order valence-electron chi connectivity index (χ4n) is 3.43. The van der Waals surface area contributed by atoms with Crippen molar-refractivity contribution >= 4 is 33.2 Å². The van der Waals surface area contributed by atoms with E-state index in [2.05, 4.69) is 15.4 Å². The molecule has 3 rings (SSSR count). The smallest absolute Gasteiger partial charge is 0.262 e. The van der Waals surface area contributed by atoms with Crippen molar-refractivity contribution in [1.82, 2.24) is 5.32 Å². The molecule has 0 fully saturated rings. The molecule has 3 aromatic rings. The molecule has 8 heteroatoms. The normalized spacial score (nSPS) is 12.0. The van der Waals surface area contributed by atoms with Gasteiger partial charge >= 0.3 is 0 Å². The van der Waals surface area contributed by atoms with Crippen molar-refractivity contribution in [2.24, 2.45) is 0 Å². The molecule has 1 atom stereocenters. The summed E-state index contributed by atoms with van der Waals surface area (Å²) in [6, 6.07) is 16.5. The van der Waals surface area contributed by atoms with E-state index in [-0.39, 0.29) is 22.4 Å². The SMILES string of the molecule is CC[C@H](C)NC(=O)c1ccccc1NC(=O)c1ccc(C)c(S(=O)(=O)Nc2ccc(C)c(C)c2)c1. The molecule has 0 unspecified atom stereocenters. The lowest BCUT2D eigenvalue weighted by molar-refractivity contribution is 0.0940. The molecule has 2 amide bonds. The van der Waals surface area contributed by atoms with Crippen molar-refractivity contribution in [3.63, 3.8) is 0 Å². The molecule has 7 nitrogen and oxygen atoms in total. The first-order chi connectivity index (χ1) is 16.5. The maximum Gasteiger partial charge on any atom is 0.262 e. The van der Waals surface area contributed by atoms with Gasteiger partial charge in [0.05, 0.1) is 16.1 Å². The van der Waals surface area contributed by atoms with E-state index in [0.29, 0.717) is 22.5 Å². The number of carbonyl (C=O) groups is 2. The Bertz CT molecular complexity index is 1370. The molecule has 0 spiro atoms. The summed E-state index contributed by atoms with van der Waals surface area (Å²) in [6.07, 6.45) is 0.775. The van der Waals surface area contributed by atoms with Gasteiger partial charge in [-0.2, -0.15) is 0 Å². The van der Waals surface area contributed by atoms with Crippen LogP contribution in [0.4, 0.5) is 11.4 Å². The Morgan fingerprint density at radius 3 is 2.23 bits per heavy atom. The second-order valence-corrected chi connectivity index (χ2v) is 10.3. The zero-order chi connectivity index (χ0) is 25.8. The number of rotatable bonds is 8. The largest absolute Gasteiger partial charge is 0.350 e. The Morgan fingerprint density at radius 1 is 0.857 bits per heavy atom. The summed E-state index contributed by atoms with van der Waals surface area (Å²) in [6.45, 7) is 9.40. The average molecular weight is 494 g/mol. The van der Waals surface area contributed by atoms with Gasteiger partial charge in [0.15, 0.2) is 0 Å². The van der Waals surface area contributed by atoms with Crippen LogP contribution in [0.2, 0.25) is 0 Å². The van der Waals surface area contributed by atoms with Crippen LogP contribution in [-0.2, 0) is 10.0 Å². The van der Waals surface area contributed by atoms with Crippen molar-refractivity contribution in [2.45, 2.75) is 52.0 Å². The number of hydrogen-bond acceptors (Lipinski definition) is 4. The lowest BCUT2D eigenvalue weighted by atomic mass is 10.1. The molecular formula is C27H31N3O4S. The zero-order valence-electron chi connectivity index (χ0n) is 20.6. The third kappa shape index (κ3) is 6.27. The van der Waals surface area contributed by atoms with Crippen LogP contribution < -0.4 is 15.4 Å². The molecule has 3 aromatic carbocycles. The molecule has 0 aliphatic carbocycles. The van der Waals surface area contributed by atoms with Crippen LogP contribution in [0, 0.1) is 20.8 Å². The van der Waals surface area contributed by atoms with Crippen molar-refractivity contribution in [2.75, 3.05) is 10.0 Å². The van der Waals surface area contributed by atoms with Gasteiger partial charge in [0, 0.05) is 17.3 Å². The highest BCUT2D eigenvalue weighted by Crippen LogP contribution is 2.23. The van der Waals surface area contributed by atoms with E-state index in [1.807, 2.05) is 33.8 Å². The van der Waals surface area contributed by atoms with Crippen molar-refractivity contribution < 1.29 is 18.0 Å². The molecule has 0 saturated carbocycles. The molecule has 0 aliphatic heterocycles. The molecule has 35 heavy (non-hydrogen) atoms. The molecule has 0 aliphatic rings. The van der Waals surface area contributed by atoms with E-state index in [1.165, 1.54) is 6.07 Å². The highest BCUT2D eigenvalue weighted by molar-refractivity contribution is 7.92. The van der Waals surface area contributed by atoms with Crippen LogP contribution in [0.15, 0.2) is 65.6 Å². The van der Waals surface area contributed by atoms with Crippen LogP contribution in [0.25, 0.3) is 0 Å². The third-order valence-electron chi connectivity index (χ3n) is 5.91. The zero-order valence-corrected chi connectivity index (χ0v) is 21.4. The van der Waals surface area contributed by atoms with E-state index < -0.39 is 15.9 Å². The minimum absolute atomic E-state index is 0.00572. The van der Waals surface area contributed by atoms with Gasteiger partial charge in [-0.25, -0.2) is 8.42 Å². The number of benzene rings is 3. The molecular weight excluding hydrogens is 462 g/mol. The number of aryl methyl sites for hydroxylation is 3. The fraction of sp³-hybridized carbons (Fsp3) is 0.259. The van der Waals surface area contributed by atoms with E-state index >= 15 is 0 Å². The van der Waals surface area contributed by atoms with Crippen molar-refractivity contribution in [3.05, 3.63) is 88.5 Å². The Hall–Kier alpha value is -3.65. The topological polar surface area (TPSA) is 104 Å². The summed E-state index contributed by atoms with van der Waals surface area (Å²) in [5, 5.41) is 5.63. The van der Waals surface area contributed by atoms with Crippen LogP contribution in [0.1, 0.15) is 57.7 Å². The van der Waals surface area contributed by atoms with Gasteiger partial charge in [-0.3, -0.25) is 14.3 Å². The maximum atomic E-state index is 13.1. The molecule has 0 bridgehead atoms. The fourth-order valence-corrected chi connectivity index (χ4v) is 4.76. The van der Waals surface area contributed by atoms with Crippen LogP contribution in [-0.4, -0.2) is 26.3 Å². The molecule has 0 aromatic heterocycles. The lowest BCUT2D eigenvalue weighted by Crippen LogP contribution is -2.32. The van der Waals surface area contributed by atoms with Gasteiger partial charge in [0.25, 0.3) is 21.8 Å². The summed E-state index contributed by atoms with van der Waals surface area (Å²) in [5.41, 5.74) is 3.81. The molecule has 0 radical (unpaired) electrons. The van der Waals surface area contributed by atoms with Gasteiger partial charge in [-0.1, -0.05) is 31.2 Å². The van der Waals surface area contributed by atoms with Gasteiger partial charge in [0.1, 0.15) is 0 Å². The van der Waals surface area contributed by atoms with Gasteiger partial charge < -0.3 is 10.6 Å². The summed E-state index contributed by atoms with van der Waals surface area (Å²) >= 11 is 0. The van der Waals surface area contributed by atoms with Crippen LogP contribution in [0.3, 0.4) is 0 Å². The monoisotopic (exact) mass is 493 g/mol. The number of hydrogen-bond donors (Lipinski definition) is 3. The Kier molecular flexibility index (Phi) is 7.96. The highest BCUT2D eigenvalue weighted by atomic mass is 32.2. The molecule has 3 N–H and O–H groups in total. The number of amides is 2. The van der Waals surface area contributed by atoms with Crippen LogP contribution >= 0.6 is 0 Å². The Balaban J connectivity index is 1.87. The summed E-state index contributed by atoms with van der Waals surface area (Å²) in [7, 11) is -3.93. The van der Waals surface area contributed by atoms with Gasteiger partial charge in [0.2, 0.25) is 0 Å². The maximum absolute atomic E-state index is 13.1. The van der Waals surface area contributed by atoms with Gasteiger partial charge in [-0.15, -0.1) is 0 Å². The quantitative estimate of drug-likeness (QED) is 0.401. The Morgan fingerprint density at radius 2 is 1.54 bits per heavy atom. The Labute approximate surface area is 207 Å². The average Bonchev–Trinajstić information content (AvgIpc) is 2.81. The lowest BCUT2D eigenvalue weighted by Gasteiger charge is -2.15. The number of sulfonamides is 1. The van der Waals surface area contributed by atoms with Gasteiger partial charge in [-0.05, 0) is 87.2 Å². The summed E-state index contributed by atoms with van der Waals surface area (Å²) in [5.74, 6) is -0.809. The minimum atomic E-state index is -3.93. The standard InChI is InChI=1S/C27H31N3O4S/c1-6-20(5)28-27(32)23-9-7-8-10-24(23)29-26(31)21-13-11-18(3)25(16-21)35(33,34)30-22-14-12-17(2)19(4)15-22/h7-16,20,30H,6H2,1-5H3,(H,28,32)(H,29,31)/t20-/m0/s1. The van der Waals surface area contributed by atoms with Crippen molar-refractivity contribution in [1.29, 1.82) is 0 Å². The second kappa shape index (κ2) is 10.7. The predicted octanol–water partition coefficient (Wildman–Crippen LogP) is 5.19. The number of anilines is 2. The van der Waals surface area contributed by atoms with Crippen LogP contribution in [0.5, 0.6) is 0 Å². The summed E-state index contributed by atoms with van der Waals surface area (Å²) in [4.78, 5) is 25.7. The number of nitrogens with one attached hydrogen (secondary N) is 3. The van der Waals surface area contributed by atoms with E-state index in [0.717, 1.165) is 17.5 Å². The van der Waals surface area contributed by atoms with E-state index in [9.17, 15) is 18.0 Å². The first-order valence-corrected chi connectivity index (χ1v) is 12.9. The van der Waals surface area contributed by atoms with E-state index in [4.69, 9.17) is 0 Å². The van der Waals surface area contributed by atoms with E-state index in [1.54, 1.807) is 55.5 Å². The molecule has 0 saturated heterocycles. The number of para-hydroxylation sites is 1. The first-order valence-electron chi connectivity index (χ1n) is 11.4. The highest BCUT2D eigenvalue weighted by Gasteiger charge is 2.21. The summed E-state index contributed by atoms with van der Waals surface area (Å²) < 4.78 is 28.9. The molecule has 184 valence electrons. The molecule has 0 heterocycles. The van der Waals surface area contributed by atoms with Crippen molar-refractivity contribution in [3.8, 4) is 0 Å². The second-order valence-electron chi connectivity index (χ2n) is 8.67. The minimum Gasteiger partial charge on any atom is -0.350 e. The first kappa shape index (κ1) is 26.0.